The van der Waals surface area contributed by atoms with Crippen LogP contribution in [0.2, 0.25) is 0 Å². The maximum atomic E-state index is 9.09. The van der Waals surface area contributed by atoms with Crippen LogP contribution in [0.25, 0.3) is 0 Å². The number of aromatic nitrogens is 2. The van der Waals surface area contributed by atoms with E-state index >= 15 is 0 Å². The monoisotopic (exact) mass is 291 g/mol. The molecular weight excluding hydrogens is 278 g/mol. The Labute approximate surface area is 121 Å². The zero-order valence-corrected chi connectivity index (χ0v) is 11.6. The van der Waals surface area contributed by atoms with Gasteiger partial charge in [0.05, 0.1) is 13.7 Å². The van der Waals surface area contributed by atoms with E-state index in [2.05, 4.69) is 9.97 Å². The molecule has 3 N–H and O–H groups in total. The van der Waals surface area contributed by atoms with Gasteiger partial charge in [-0.2, -0.15) is 4.98 Å². The zero-order chi connectivity index (χ0) is 14.5. The Bertz CT molecular complexity index is 634. The van der Waals surface area contributed by atoms with Crippen LogP contribution in [-0.2, 0) is 6.61 Å². The van der Waals surface area contributed by atoms with Gasteiger partial charge in [0.25, 0.3) is 0 Å². The van der Waals surface area contributed by atoms with Gasteiger partial charge in [0.2, 0.25) is 0 Å². The van der Waals surface area contributed by atoms with Crippen LogP contribution in [0.5, 0.6) is 17.5 Å². The van der Waals surface area contributed by atoms with Crippen molar-refractivity contribution in [3.05, 3.63) is 41.7 Å². The lowest BCUT2D eigenvalue weighted by atomic mass is 10.2. The van der Waals surface area contributed by atoms with E-state index in [-0.39, 0.29) is 17.6 Å². The topological polar surface area (TPSA) is 90.5 Å². The second kappa shape index (κ2) is 6.27. The van der Waals surface area contributed by atoms with Crippen molar-refractivity contribution in [2.24, 2.45) is 5.73 Å². The van der Waals surface area contributed by atoms with Crippen LogP contribution in [0.3, 0.4) is 0 Å². The Balaban J connectivity index is 2.29. The van der Waals surface area contributed by atoms with Crippen molar-refractivity contribution < 1.29 is 14.6 Å². The minimum atomic E-state index is -0.0793. The standard InChI is InChI=1S/C13H13N3O3S/c1-18-11-6-8(7-17)2-3-10(11)19-13-15-5-4-9(16-13)12(14)20/h2-6,17H,7H2,1H3,(H2,14,20). The molecule has 7 heteroatoms. The molecule has 0 saturated heterocycles. The normalized spacial score (nSPS) is 10.1. The van der Waals surface area contributed by atoms with E-state index in [1.807, 2.05) is 0 Å². The number of rotatable bonds is 5. The molecule has 0 saturated carbocycles. The van der Waals surface area contributed by atoms with Gasteiger partial charge in [0, 0.05) is 6.20 Å². The Hall–Kier alpha value is -2.25. The highest BCUT2D eigenvalue weighted by Crippen LogP contribution is 2.30. The molecule has 1 heterocycles. The molecule has 0 aliphatic rings. The lowest BCUT2D eigenvalue weighted by Gasteiger charge is -2.10. The third-order valence-corrected chi connectivity index (χ3v) is 2.71. The van der Waals surface area contributed by atoms with Crippen molar-refractivity contribution in [1.82, 2.24) is 9.97 Å². The molecule has 1 aromatic carbocycles. The summed E-state index contributed by atoms with van der Waals surface area (Å²) >= 11 is 4.85. The SMILES string of the molecule is COc1cc(CO)ccc1Oc1nccc(C(N)=S)n1. The predicted octanol–water partition coefficient (Wildman–Crippen LogP) is 1.40. The number of methoxy groups -OCH3 is 1. The Kier molecular flexibility index (Phi) is 4.44. The first-order chi connectivity index (χ1) is 9.63. The third-order valence-electron chi connectivity index (χ3n) is 2.50. The molecule has 0 bridgehead atoms. The summed E-state index contributed by atoms with van der Waals surface area (Å²) in [5.41, 5.74) is 6.64. The van der Waals surface area contributed by atoms with Crippen molar-refractivity contribution in [2.45, 2.75) is 6.61 Å². The number of aliphatic hydroxyl groups excluding tert-OH is 1. The number of nitrogens with zero attached hydrogens (tertiary/aromatic N) is 2. The average molecular weight is 291 g/mol. The molecule has 0 spiro atoms. The molecule has 20 heavy (non-hydrogen) atoms. The number of thiocarbonyl (C=S) groups is 1. The average Bonchev–Trinajstić information content (AvgIpc) is 2.48. The molecule has 0 unspecified atom stereocenters. The number of ether oxygens (including phenoxy) is 2. The van der Waals surface area contributed by atoms with Crippen molar-refractivity contribution in [3.8, 4) is 17.5 Å². The van der Waals surface area contributed by atoms with Gasteiger partial charge < -0.3 is 20.3 Å². The summed E-state index contributed by atoms with van der Waals surface area (Å²) < 4.78 is 10.7. The minimum Gasteiger partial charge on any atom is -0.493 e. The summed E-state index contributed by atoms with van der Waals surface area (Å²) in [7, 11) is 1.51. The molecule has 6 nitrogen and oxygen atoms in total. The maximum Gasteiger partial charge on any atom is 0.322 e. The highest BCUT2D eigenvalue weighted by Gasteiger charge is 2.09. The Morgan fingerprint density at radius 2 is 2.15 bits per heavy atom. The number of benzene rings is 1. The summed E-state index contributed by atoms with van der Waals surface area (Å²) in [6.07, 6.45) is 1.51. The summed E-state index contributed by atoms with van der Waals surface area (Å²) in [6, 6.07) is 6.77. The molecule has 0 radical (unpaired) electrons. The molecule has 2 rings (SSSR count). The van der Waals surface area contributed by atoms with Gasteiger partial charge in [-0.25, -0.2) is 4.98 Å². The smallest absolute Gasteiger partial charge is 0.322 e. The zero-order valence-electron chi connectivity index (χ0n) is 10.7. The number of hydrogen-bond acceptors (Lipinski definition) is 6. The molecule has 104 valence electrons. The molecule has 0 aliphatic heterocycles. The van der Waals surface area contributed by atoms with E-state index in [9.17, 15) is 0 Å². The molecule has 0 amide bonds. The van der Waals surface area contributed by atoms with Gasteiger partial charge in [-0.15, -0.1) is 0 Å². The number of aliphatic hydroxyl groups is 1. The summed E-state index contributed by atoms with van der Waals surface area (Å²) in [5, 5.41) is 9.09. The fourth-order valence-electron chi connectivity index (χ4n) is 1.52. The van der Waals surface area contributed by atoms with Crippen LogP contribution in [0.4, 0.5) is 0 Å². The van der Waals surface area contributed by atoms with Crippen LogP contribution in [0.15, 0.2) is 30.5 Å². The fourth-order valence-corrected chi connectivity index (χ4v) is 1.63. The lowest BCUT2D eigenvalue weighted by Crippen LogP contribution is -2.12. The van der Waals surface area contributed by atoms with Crippen molar-refractivity contribution in [1.29, 1.82) is 0 Å². The summed E-state index contributed by atoms with van der Waals surface area (Å²) in [6.45, 7) is -0.0793. The van der Waals surface area contributed by atoms with Crippen molar-refractivity contribution >= 4 is 17.2 Å². The number of nitrogens with two attached hydrogens (primary N) is 1. The van der Waals surface area contributed by atoms with Gasteiger partial charge in [0.15, 0.2) is 11.5 Å². The molecule has 0 atom stereocenters. The minimum absolute atomic E-state index is 0.0793. The van der Waals surface area contributed by atoms with Gasteiger partial charge in [-0.1, -0.05) is 18.3 Å². The Morgan fingerprint density at radius 1 is 1.35 bits per heavy atom. The van der Waals surface area contributed by atoms with Crippen LogP contribution < -0.4 is 15.2 Å². The molecule has 0 fully saturated rings. The van der Waals surface area contributed by atoms with E-state index < -0.39 is 0 Å². The van der Waals surface area contributed by atoms with E-state index in [1.165, 1.54) is 13.3 Å². The summed E-state index contributed by atoms with van der Waals surface area (Å²) in [4.78, 5) is 8.23. The van der Waals surface area contributed by atoms with Gasteiger partial charge in [0.1, 0.15) is 10.7 Å². The van der Waals surface area contributed by atoms with Gasteiger partial charge in [-0.05, 0) is 23.8 Å². The largest absolute Gasteiger partial charge is 0.493 e. The molecule has 2 aromatic rings. The van der Waals surface area contributed by atoms with E-state index in [4.69, 9.17) is 32.5 Å². The van der Waals surface area contributed by atoms with Crippen LogP contribution in [0.1, 0.15) is 11.3 Å². The molecular formula is C13H13N3O3S. The van der Waals surface area contributed by atoms with Gasteiger partial charge >= 0.3 is 6.01 Å². The van der Waals surface area contributed by atoms with E-state index in [0.29, 0.717) is 22.8 Å². The van der Waals surface area contributed by atoms with E-state index in [0.717, 1.165) is 0 Å². The molecule has 0 aliphatic carbocycles. The van der Waals surface area contributed by atoms with Crippen molar-refractivity contribution in [2.75, 3.05) is 7.11 Å². The van der Waals surface area contributed by atoms with Crippen LogP contribution in [-0.4, -0.2) is 27.2 Å². The first kappa shape index (κ1) is 14.2. The van der Waals surface area contributed by atoms with Crippen LogP contribution in [0, 0.1) is 0 Å². The lowest BCUT2D eigenvalue weighted by molar-refractivity contribution is 0.280. The quantitative estimate of drug-likeness (QED) is 0.805. The summed E-state index contributed by atoms with van der Waals surface area (Å²) in [5.74, 6) is 0.908. The first-order valence-corrected chi connectivity index (χ1v) is 6.13. The fraction of sp³-hybridized carbons (Fsp3) is 0.154. The maximum absolute atomic E-state index is 9.09. The third kappa shape index (κ3) is 3.19. The predicted molar refractivity (Wildman–Crippen MR) is 76.9 cm³/mol. The highest BCUT2D eigenvalue weighted by molar-refractivity contribution is 7.80. The number of hydrogen-bond donors (Lipinski definition) is 2. The first-order valence-electron chi connectivity index (χ1n) is 5.72. The van der Waals surface area contributed by atoms with Crippen molar-refractivity contribution in [3.63, 3.8) is 0 Å². The Morgan fingerprint density at radius 3 is 2.80 bits per heavy atom. The second-order valence-corrected chi connectivity index (χ2v) is 4.27. The van der Waals surface area contributed by atoms with Crippen LogP contribution >= 0.6 is 12.2 Å². The highest BCUT2D eigenvalue weighted by atomic mass is 32.1. The van der Waals surface area contributed by atoms with Gasteiger partial charge in [-0.3, -0.25) is 0 Å². The van der Waals surface area contributed by atoms with E-state index in [1.54, 1.807) is 24.3 Å². The molecule has 1 aromatic heterocycles. The second-order valence-electron chi connectivity index (χ2n) is 3.83.